The molecule has 0 radical (unpaired) electrons. The number of hydrogen-bond acceptors (Lipinski definition) is 3. The Labute approximate surface area is 146 Å². The smallest absolute Gasteiger partial charge is 0.410 e. The van der Waals surface area contributed by atoms with E-state index >= 15 is 0 Å². The van der Waals surface area contributed by atoms with Gasteiger partial charge in [0.15, 0.2) is 0 Å². The fourth-order valence-corrected chi connectivity index (χ4v) is 4.14. The van der Waals surface area contributed by atoms with Crippen LogP contribution >= 0.6 is 15.9 Å². The lowest BCUT2D eigenvalue weighted by Crippen LogP contribution is -2.50. The minimum Gasteiger partial charge on any atom is -0.444 e. The molecule has 0 bridgehead atoms. The summed E-state index contributed by atoms with van der Waals surface area (Å²) in [5, 5.41) is 3.61. The van der Waals surface area contributed by atoms with E-state index in [0.717, 1.165) is 30.4 Å². The van der Waals surface area contributed by atoms with Crippen LogP contribution in [0.3, 0.4) is 0 Å². The van der Waals surface area contributed by atoms with Crippen LogP contribution in [-0.4, -0.2) is 35.7 Å². The average Bonchev–Trinajstić information content (AvgIpc) is 2.71. The predicted octanol–water partition coefficient (Wildman–Crippen LogP) is 4.53. The van der Waals surface area contributed by atoms with E-state index in [1.54, 1.807) is 0 Å². The van der Waals surface area contributed by atoms with Crippen molar-refractivity contribution >= 4 is 27.7 Å². The molecule has 4 nitrogen and oxygen atoms in total. The van der Waals surface area contributed by atoms with Crippen LogP contribution in [0.5, 0.6) is 0 Å². The van der Waals surface area contributed by atoms with Crippen molar-refractivity contribution in [2.45, 2.75) is 57.6 Å². The number of nitrogens with zero attached hydrogens (tertiary/aromatic N) is 1. The standard InChI is InChI=1S/C18H25BrN2O2/c1-12-18(14-11-13(19)5-6-15(14)20-12)7-9-21(10-8-18)16(22)23-17(2,3)4/h5-6,11-12,20H,7-10H2,1-4H3. The molecule has 1 fully saturated rings. The first-order chi connectivity index (χ1) is 10.7. The molecule has 0 saturated carbocycles. The molecule has 1 spiro atoms. The van der Waals surface area contributed by atoms with Crippen LogP contribution in [0.25, 0.3) is 0 Å². The molecule has 126 valence electrons. The summed E-state index contributed by atoms with van der Waals surface area (Å²) in [5.41, 5.74) is 2.28. The van der Waals surface area contributed by atoms with Gasteiger partial charge < -0.3 is 15.0 Å². The third-order valence-electron chi connectivity index (χ3n) is 5.03. The molecule has 1 saturated heterocycles. The maximum Gasteiger partial charge on any atom is 0.410 e. The van der Waals surface area contributed by atoms with Crippen molar-refractivity contribution in [3.8, 4) is 0 Å². The van der Waals surface area contributed by atoms with Crippen LogP contribution in [0.4, 0.5) is 10.5 Å². The van der Waals surface area contributed by atoms with Crippen LogP contribution in [0.15, 0.2) is 22.7 Å². The Morgan fingerprint density at radius 3 is 2.61 bits per heavy atom. The van der Waals surface area contributed by atoms with Crippen molar-refractivity contribution in [3.63, 3.8) is 0 Å². The van der Waals surface area contributed by atoms with Gasteiger partial charge in [-0.2, -0.15) is 0 Å². The minimum absolute atomic E-state index is 0.109. The quantitative estimate of drug-likeness (QED) is 0.718. The monoisotopic (exact) mass is 380 g/mol. The summed E-state index contributed by atoms with van der Waals surface area (Å²) < 4.78 is 6.62. The van der Waals surface area contributed by atoms with E-state index < -0.39 is 5.60 Å². The summed E-state index contributed by atoms with van der Waals surface area (Å²) in [6.45, 7) is 9.46. The molecular formula is C18H25BrN2O2. The van der Waals surface area contributed by atoms with Crippen LogP contribution in [0, 0.1) is 0 Å². The number of nitrogens with one attached hydrogen (secondary N) is 1. The van der Waals surface area contributed by atoms with Crippen molar-refractivity contribution in [1.29, 1.82) is 0 Å². The molecule has 1 unspecified atom stereocenters. The van der Waals surface area contributed by atoms with Crippen LogP contribution in [0.1, 0.15) is 46.1 Å². The second-order valence-corrected chi connectivity index (χ2v) is 8.60. The lowest BCUT2D eigenvalue weighted by Gasteiger charge is -2.42. The van der Waals surface area contributed by atoms with E-state index in [-0.39, 0.29) is 11.5 Å². The molecule has 5 heteroatoms. The van der Waals surface area contributed by atoms with Crippen molar-refractivity contribution in [3.05, 3.63) is 28.2 Å². The van der Waals surface area contributed by atoms with E-state index in [9.17, 15) is 4.79 Å². The number of benzene rings is 1. The Balaban J connectivity index is 1.76. The van der Waals surface area contributed by atoms with Crippen molar-refractivity contribution in [2.24, 2.45) is 0 Å². The number of likely N-dealkylation sites (tertiary alicyclic amines) is 1. The van der Waals surface area contributed by atoms with Gasteiger partial charge in [-0.1, -0.05) is 15.9 Å². The summed E-state index contributed by atoms with van der Waals surface area (Å²) in [7, 11) is 0. The first-order valence-corrected chi connectivity index (χ1v) is 9.05. The van der Waals surface area contributed by atoms with Gasteiger partial charge in [0.25, 0.3) is 0 Å². The van der Waals surface area contributed by atoms with E-state index in [1.165, 1.54) is 11.3 Å². The van der Waals surface area contributed by atoms with Gasteiger partial charge in [0.1, 0.15) is 5.60 Å². The van der Waals surface area contributed by atoms with E-state index in [1.807, 2.05) is 25.7 Å². The summed E-state index contributed by atoms with van der Waals surface area (Å²) in [4.78, 5) is 14.1. The van der Waals surface area contributed by atoms with Gasteiger partial charge >= 0.3 is 6.09 Å². The van der Waals surface area contributed by atoms with E-state index in [4.69, 9.17) is 4.74 Å². The maximum atomic E-state index is 12.3. The lowest BCUT2D eigenvalue weighted by atomic mass is 9.70. The highest BCUT2D eigenvalue weighted by Gasteiger charge is 2.47. The third kappa shape index (κ3) is 3.08. The molecule has 1 aromatic rings. The van der Waals surface area contributed by atoms with Crippen LogP contribution in [-0.2, 0) is 10.2 Å². The highest BCUT2D eigenvalue weighted by molar-refractivity contribution is 9.10. The number of amides is 1. The second kappa shape index (κ2) is 5.69. The zero-order valence-corrected chi connectivity index (χ0v) is 15.9. The van der Waals surface area contributed by atoms with Gasteiger partial charge in [-0.15, -0.1) is 0 Å². The highest BCUT2D eigenvalue weighted by atomic mass is 79.9. The zero-order valence-electron chi connectivity index (χ0n) is 14.3. The normalized spacial score (nSPS) is 22.7. The van der Waals surface area contributed by atoms with Gasteiger partial charge in [-0.25, -0.2) is 4.79 Å². The predicted molar refractivity (Wildman–Crippen MR) is 95.9 cm³/mol. The molecule has 23 heavy (non-hydrogen) atoms. The van der Waals surface area contributed by atoms with E-state index in [2.05, 4.69) is 46.4 Å². The minimum atomic E-state index is -0.439. The van der Waals surface area contributed by atoms with Gasteiger partial charge in [0.2, 0.25) is 0 Å². The fourth-order valence-electron chi connectivity index (χ4n) is 3.78. The number of carbonyl (C=O) groups excluding carboxylic acids is 1. The number of rotatable bonds is 0. The zero-order chi connectivity index (χ0) is 16.8. The Morgan fingerprint density at radius 1 is 1.35 bits per heavy atom. The van der Waals surface area contributed by atoms with Crippen molar-refractivity contribution in [2.75, 3.05) is 18.4 Å². The Morgan fingerprint density at radius 2 is 2.00 bits per heavy atom. The summed E-state index contributed by atoms with van der Waals surface area (Å²) in [5.74, 6) is 0. The van der Waals surface area contributed by atoms with Crippen LogP contribution in [0.2, 0.25) is 0 Å². The molecule has 1 atom stereocenters. The van der Waals surface area contributed by atoms with Gasteiger partial charge in [0, 0.05) is 34.7 Å². The molecule has 0 aromatic heterocycles. The summed E-state index contributed by atoms with van der Waals surface area (Å²) in [6, 6.07) is 6.83. The average molecular weight is 381 g/mol. The maximum absolute atomic E-state index is 12.3. The second-order valence-electron chi connectivity index (χ2n) is 7.68. The molecule has 1 amide bonds. The number of carbonyl (C=O) groups is 1. The SMILES string of the molecule is CC1Nc2ccc(Br)cc2C12CCN(C(=O)OC(C)(C)C)CC2. The number of hydrogen-bond donors (Lipinski definition) is 1. The number of ether oxygens (including phenoxy) is 1. The van der Waals surface area contributed by atoms with Crippen molar-refractivity contribution in [1.82, 2.24) is 4.90 Å². The molecule has 2 aliphatic rings. The molecule has 3 rings (SSSR count). The molecule has 2 heterocycles. The topological polar surface area (TPSA) is 41.6 Å². The largest absolute Gasteiger partial charge is 0.444 e. The Hall–Kier alpha value is -1.23. The number of anilines is 1. The van der Waals surface area contributed by atoms with E-state index in [0.29, 0.717) is 6.04 Å². The molecular weight excluding hydrogens is 356 g/mol. The summed E-state index contributed by atoms with van der Waals surface area (Å²) >= 11 is 3.59. The molecule has 2 aliphatic heterocycles. The molecule has 1 aromatic carbocycles. The van der Waals surface area contributed by atoms with Gasteiger partial charge in [-0.05, 0) is 64.3 Å². The number of piperidine rings is 1. The van der Waals surface area contributed by atoms with Gasteiger partial charge in [-0.3, -0.25) is 0 Å². The third-order valence-corrected chi connectivity index (χ3v) is 5.52. The first-order valence-electron chi connectivity index (χ1n) is 8.26. The highest BCUT2D eigenvalue weighted by Crippen LogP contribution is 2.48. The summed E-state index contributed by atoms with van der Waals surface area (Å²) in [6.07, 6.45) is 1.73. The first kappa shape index (κ1) is 16.6. The Bertz CT molecular complexity index is 616. The fraction of sp³-hybridized carbons (Fsp3) is 0.611. The number of fused-ring (bicyclic) bond motifs is 2. The van der Waals surface area contributed by atoms with Crippen molar-refractivity contribution < 1.29 is 9.53 Å². The molecule has 1 N–H and O–H groups in total. The lowest BCUT2D eigenvalue weighted by molar-refractivity contribution is 0.0160. The van der Waals surface area contributed by atoms with Gasteiger partial charge in [0.05, 0.1) is 0 Å². The number of halogens is 1. The molecule has 0 aliphatic carbocycles. The Kier molecular flexibility index (Phi) is 4.11. The van der Waals surface area contributed by atoms with Crippen LogP contribution < -0.4 is 5.32 Å².